The molecule has 0 unspecified atom stereocenters. The predicted octanol–water partition coefficient (Wildman–Crippen LogP) is 6.37. The first-order valence-corrected chi connectivity index (χ1v) is 10.4. The van der Waals surface area contributed by atoms with E-state index in [1.165, 1.54) is 15.0 Å². The van der Waals surface area contributed by atoms with Crippen molar-refractivity contribution in [2.24, 2.45) is 0 Å². The van der Waals surface area contributed by atoms with E-state index in [1.807, 2.05) is 53.2 Å². The van der Waals surface area contributed by atoms with Crippen molar-refractivity contribution in [3.05, 3.63) is 131 Å². The van der Waals surface area contributed by atoms with E-state index in [0.717, 1.165) is 16.7 Å². The van der Waals surface area contributed by atoms with Gasteiger partial charge in [0.05, 0.1) is 6.04 Å². The van der Waals surface area contributed by atoms with E-state index in [4.69, 9.17) is 0 Å². The minimum atomic E-state index is -0.167. The summed E-state index contributed by atoms with van der Waals surface area (Å²) in [5, 5.41) is 1.23. The Morgan fingerprint density at radius 2 is 1.31 bits per heavy atom. The summed E-state index contributed by atoms with van der Waals surface area (Å²) in [7, 11) is 0. The summed E-state index contributed by atoms with van der Waals surface area (Å²) in [5.74, 6) is 0. The first-order chi connectivity index (χ1) is 14.3. The van der Waals surface area contributed by atoms with Crippen LogP contribution in [0.2, 0.25) is 0 Å². The maximum absolute atomic E-state index is 12.9. The molecule has 0 bridgehead atoms. The Kier molecular flexibility index (Phi) is 4.59. The second kappa shape index (κ2) is 7.53. The van der Waals surface area contributed by atoms with Crippen LogP contribution in [0.3, 0.4) is 0 Å². The van der Waals surface area contributed by atoms with Crippen molar-refractivity contribution in [1.29, 1.82) is 0 Å². The fourth-order valence-corrected chi connectivity index (χ4v) is 4.81. The van der Waals surface area contributed by atoms with Crippen molar-refractivity contribution in [1.82, 2.24) is 4.57 Å². The highest BCUT2D eigenvalue weighted by atomic mass is 32.1. The van der Waals surface area contributed by atoms with Crippen LogP contribution in [-0.2, 0) is 0 Å². The number of benzene rings is 3. The van der Waals surface area contributed by atoms with Gasteiger partial charge in [0.15, 0.2) is 0 Å². The second-order valence-corrected chi connectivity index (χ2v) is 8.12. The summed E-state index contributed by atoms with van der Waals surface area (Å²) >= 11 is 1.75. The minimum Gasteiger partial charge on any atom is -0.303 e. The lowest BCUT2D eigenvalue weighted by atomic mass is 9.98. The molecule has 3 heteroatoms. The van der Waals surface area contributed by atoms with Gasteiger partial charge >= 0.3 is 0 Å². The number of pyridine rings is 1. The van der Waals surface area contributed by atoms with Crippen LogP contribution in [0.5, 0.6) is 0 Å². The van der Waals surface area contributed by atoms with Crippen LogP contribution < -0.4 is 5.56 Å². The Morgan fingerprint density at radius 3 is 1.97 bits per heavy atom. The van der Waals surface area contributed by atoms with Gasteiger partial charge in [-0.1, -0.05) is 78.9 Å². The normalized spacial score (nSPS) is 11.2. The summed E-state index contributed by atoms with van der Waals surface area (Å²) < 4.78 is 3.10. The summed E-state index contributed by atoms with van der Waals surface area (Å²) in [6.45, 7) is 0. The highest BCUT2D eigenvalue weighted by Crippen LogP contribution is 2.34. The van der Waals surface area contributed by atoms with Crippen molar-refractivity contribution >= 4 is 21.4 Å². The molecule has 0 N–H and O–H groups in total. The van der Waals surface area contributed by atoms with Gasteiger partial charge in [0, 0.05) is 27.4 Å². The van der Waals surface area contributed by atoms with Gasteiger partial charge in [0.1, 0.15) is 0 Å². The first kappa shape index (κ1) is 17.7. The van der Waals surface area contributed by atoms with Gasteiger partial charge in [-0.3, -0.25) is 4.79 Å². The third kappa shape index (κ3) is 3.41. The second-order valence-electron chi connectivity index (χ2n) is 7.04. The average molecular weight is 394 g/mol. The van der Waals surface area contributed by atoms with Gasteiger partial charge in [0.25, 0.3) is 5.56 Å². The van der Waals surface area contributed by atoms with Gasteiger partial charge in [-0.2, -0.15) is 0 Å². The standard InChI is InChI=1S/C26H19NOS/c28-25-16-15-22(24-17-21-13-7-8-14-23(21)29-24)18-27(25)26(19-9-3-1-4-10-19)20-11-5-2-6-12-20/h1-18,26H. The monoisotopic (exact) mass is 393 g/mol. The Morgan fingerprint density at radius 1 is 0.690 bits per heavy atom. The van der Waals surface area contributed by atoms with Gasteiger partial charge in [-0.05, 0) is 34.7 Å². The highest BCUT2D eigenvalue weighted by Gasteiger charge is 2.18. The molecule has 2 aromatic heterocycles. The van der Waals surface area contributed by atoms with Gasteiger partial charge in [-0.25, -0.2) is 0 Å². The lowest BCUT2D eigenvalue weighted by molar-refractivity contribution is 0.651. The zero-order valence-electron chi connectivity index (χ0n) is 15.7. The average Bonchev–Trinajstić information content (AvgIpc) is 3.21. The van der Waals surface area contributed by atoms with E-state index in [-0.39, 0.29) is 11.6 Å². The van der Waals surface area contributed by atoms with Crippen LogP contribution >= 0.6 is 11.3 Å². The molecule has 3 aromatic carbocycles. The summed E-state index contributed by atoms with van der Waals surface area (Å²) in [4.78, 5) is 14.1. The maximum atomic E-state index is 12.9. The molecule has 0 radical (unpaired) electrons. The summed E-state index contributed by atoms with van der Waals surface area (Å²) in [6.07, 6.45) is 2.00. The molecule has 0 aliphatic carbocycles. The molecule has 140 valence electrons. The van der Waals surface area contributed by atoms with E-state index in [0.29, 0.717) is 0 Å². The molecule has 2 nitrogen and oxygen atoms in total. The number of aromatic nitrogens is 1. The molecule has 0 saturated carbocycles. The van der Waals surface area contributed by atoms with E-state index < -0.39 is 0 Å². The SMILES string of the molecule is O=c1ccc(-c2cc3ccccc3s2)cn1C(c1ccccc1)c1ccccc1. The fourth-order valence-electron chi connectivity index (χ4n) is 3.76. The number of hydrogen-bond donors (Lipinski definition) is 0. The van der Waals surface area contributed by atoms with E-state index in [2.05, 4.69) is 54.6 Å². The molecule has 29 heavy (non-hydrogen) atoms. The van der Waals surface area contributed by atoms with E-state index in [9.17, 15) is 4.79 Å². The van der Waals surface area contributed by atoms with Crippen LogP contribution in [0.15, 0.2) is 114 Å². The quantitative estimate of drug-likeness (QED) is 0.348. The Balaban J connectivity index is 1.68. The van der Waals surface area contributed by atoms with Crippen molar-refractivity contribution in [3.63, 3.8) is 0 Å². The van der Waals surface area contributed by atoms with Crippen molar-refractivity contribution in [2.45, 2.75) is 6.04 Å². The Bertz CT molecular complexity index is 1250. The summed E-state index contributed by atoms with van der Waals surface area (Å²) in [6, 6.07) is 34.4. The van der Waals surface area contributed by atoms with Crippen LogP contribution in [0, 0.1) is 0 Å². The first-order valence-electron chi connectivity index (χ1n) is 9.61. The van der Waals surface area contributed by atoms with Crippen LogP contribution in [0.1, 0.15) is 17.2 Å². The predicted molar refractivity (Wildman–Crippen MR) is 122 cm³/mol. The number of nitrogens with zero attached hydrogens (tertiary/aromatic N) is 1. The van der Waals surface area contributed by atoms with Crippen LogP contribution in [0.4, 0.5) is 0 Å². The van der Waals surface area contributed by atoms with Gasteiger partial charge < -0.3 is 4.57 Å². The number of hydrogen-bond acceptors (Lipinski definition) is 2. The Labute approximate surface area is 173 Å². The van der Waals surface area contributed by atoms with Crippen LogP contribution in [0.25, 0.3) is 20.5 Å². The van der Waals surface area contributed by atoms with E-state index >= 15 is 0 Å². The van der Waals surface area contributed by atoms with Crippen LogP contribution in [-0.4, -0.2) is 4.57 Å². The molecule has 2 heterocycles. The third-order valence-electron chi connectivity index (χ3n) is 5.16. The molecule has 0 aliphatic heterocycles. The molecular formula is C26H19NOS. The number of rotatable bonds is 4. The molecule has 0 spiro atoms. The van der Waals surface area contributed by atoms with E-state index in [1.54, 1.807) is 17.4 Å². The topological polar surface area (TPSA) is 22.0 Å². The molecule has 5 aromatic rings. The zero-order chi connectivity index (χ0) is 19.6. The smallest absolute Gasteiger partial charge is 0.251 e. The fraction of sp³-hybridized carbons (Fsp3) is 0.0385. The highest BCUT2D eigenvalue weighted by molar-refractivity contribution is 7.22. The number of fused-ring (bicyclic) bond motifs is 1. The molecule has 0 fully saturated rings. The lowest BCUT2D eigenvalue weighted by Gasteiger charge is -2.21. The maximum Gasteiger partial charge on any atom is 0.251 e. The van der Waals surface area contributed by atoms with Crippen molar-refractivity contribution in [3.8, 4) is 10.4 Å². The molecule has 0 aliphatic rings. The molecule has 5 rings (SSSR count). The molecular weight excluding hydrogens is 374 g/mol. The minimum absolute atomic E-state index is 0.00688. The largest absolute Gasteiger partial charge is 0.303 e. The lowest BCUT2D eigenvalue weighted by Crippen LogP contribution is -2.25. The molecule has 0 atom stereocenters. The summed E-state index contributed by atoms with van der Waals surface area (Å²) in [5.41, 5.74) is 3.24. The third-order valence-corrected chi connectivity index (χ3v) is 6.32. The van der Waals surface area contributed by atoms with Gasteiger partial charge in [-0.15, -0.1) is 11.3 Å². The molecule has 0 amide bonds. The Hall–Kier alpha value is -3.43. The zero-order valence-corrected chi connectivity index (χ0v) is 16.5. The van der Waals surface area contributed by atoms with Gasteiger partial charge in [0.2, 0.25) is 0 Å². The molecule has 0 saturated heterocycles. The number of thiophene rings is 1. The van der Waals surface area contributed by atoms with Crippen molar-refractivity contribution in [2.75, 3.05) is 0 Å². The van der Waals surface area contributed by atoms with Crippen molar-refractivity contribution < 1.29 is 0 Å².